The molecule has 0 bridgehead atoms. The molecule has 0 unspecified atom stereocenters. The number of rotatable bonds is 4. The number of benzene rings is 1. The van der Waals surface area contributed by atoms with Crippen LogP contribution in [0.15, 0.2) is 35.7 Å². The third kappa shape index (κ3) is 2.93. The van der Waals surface area contributed by atoms with Gasteiger partial charge in [0.15, 0.2) is 5.16 Å². The van der Waals surface area contributed by atoms with Crippen molar-refractivity contribution in [2.24, 2.45) is 7.05 Å². The Hall–Kier alpha value is -1.31. The molecular formula is C11H12BFN2O2S. The molecule has 0 aliphatic carbocycles. The molecule has 1 aromatic carbocycles. The van der Waals surface area contributed by atoms with E-state index in [9.17, 15) is 4.39 Å². The maximum absolute atomic E-state index is 13.7. The summed E-state index contributed by atoms with van der Waals surface area (Å²) in [5.41, 5.74) is 0.658. The van der Waals surface area contributed by atoms with Crippen LogP contribution in [0.1, 0.15) is 5.56 Å². The van der Waals surface area contributed by atoms with Crippen molar-refractivity contribution in [2.45, 2.75) is 10.9 Å². The van der Waals surface area contributed by atoms with E-state index in [0.29, 0.717) is 11.3 Å². The van der Waals surface area contributed by atoms with E-state index in [2.05, 4.69) is 4.98 Å². The molecule has 0 spiro atoms. The standard InChI is InChI=1S/C11H12BFN2O2S/c1-15-5-4-14-11(15)18-7-8-2-3-9(12(16)17)6-10(8)13/h2-6,16-17H,7H2,1H3. The highest BCUT2D eigenvalue weighted by atomic mass is 32.2. The van der Waals surface area contributed by atoms with Crippen molar-refractivity contribution < 1.29 is 14.4 Å². The van der Waals surface area contributed by atoms with Crippen molar-refractivity contribution >= 4 is 24.3 Å². The largest absolute Gasteiger partial charge is 0.488 e. The molecule has 0 aliphatic rings. The van der Waals surface area contributed by atoms with Crippen LogP contribution in [0.2, 0.25) is 0 Å². The van der Waals surface area contributed by atoms with Gasteiger partial charge >= 0.3 is 7.12 Å². The average molecular weight is 266 g/mol. The van der Waals surface area contributed by atoms with Crippen LogP contribution >= 0.6 is 11.8 Å². The van der Waals surface area contributed by atoms with E-state index in [1.54, 1.807) is 12.3 Å². The fourth-order valence-electron chi connectivity index (χ4n) is 1.47. The van der Waals surface area contributed by atoms with Gasteiger partial charge in [0.05, 0.1) is 0 Å². The summed E-state index contributed by atoms with van der Waals surface area (Å²) in [7, 11) is 0.229. The van der Waals surface area contributed by atoms with Gasteiger partial charge in [0.2, 0.25) is 0 Å². The van der Waals surface area contributed by atoms with Crippen molar-refractivity contribution in [3.63, 3.8) is 0 Å². The fourth-order valence-corrected chi connectivity index (χ4v) is 2.39. The summed E-state index contributed by atoms with van der Waals surface area (Å²) in [5.74, 6) is 0.000641. The number of aryl methyl sites for hydroxylation is 1. The van der Waals surface area contributed by atoms with Crippen LogP contribution in [-0.4, -0.2) is 26.7 Å². The summed E-state index contributed by atoms with van der Waals surface area (Å²) in [5, 5.41) is 18.7. The predicted octanol–water partition coefficient (Wildman–Crippen LogP) is 0.531. The second kappa shape index (κ2) is 5.56. The van der Waals surface area contributed by atoms with Crippen LogP contribution in [0.25, 0.3) is 0 Å². The Bertz CT molecular complexity index is 548. The Labute approximate surface area is 109 Å². The van der Waals surface area contributed by atoms with Crippen molar-refractivity contribution in [3.8, 4) is 0 Å². The molecule has 2 aromatic rings. The number of hydrogen-bond acceptors (Lipinski definition) is 4. The Kier molecular flexibility index (Phi) is 4.06. The van der Waals surface area contributed by atoms with Gasteiger partial charge in [-0.2, -0.15) is 0 Å². The molecule has 2 N–H and O–H groups in total. The van der Waals surface area contributed by atoms with Crippen LogP contribution < -0.4 is 5.46 Å². The average Bonchev–Trinajstić information content (AvgIpc) is 2.73. The first-order valence-electron chi connectivity index (χ1n) is 5.32. The Morgan fingerprint density at radius 3 is 2.78 bits per heavy atom. The SMILES string of the molecule is Cn1ccnc1SCc1ccc(B(O)O)cc1F. The first kappa shape index (κ1) is 13.1. The smallest absolute Gasteiger partial charge is 0.423 e. The Balaban J connectivity index is 2.08. The van der Waals surface area contributed by atoms with E-state index < -0.39 is 12.9 Å². The molecule has 0 fully saturated rings. The lowest BCUT2D eigenvalue weighted by molar-refractivity contribution is 0.425. The summed E-state index contributed by atoms with van der Waals surface area (Å²) in [4.78, 5) is 4.13. The van der Waals surface area contributed by atoms with Gasteiger partial charge in [-0.25, -0.2) is 9.37 Å². The number of halogens is 1. The molecule has 0 aliphatic heterocycles. The highest BCUT2D eigenvalue weighted by Gasteiger charge is 2.13. The van der Waals surface area contributed by atoms with Crippen LogP contribution in [-0.2, 0) is 12.8 Å². The number of imidazole rings is 1. The van der Waals surface area contributed by atoms with E-state index >= 15 is 0 Å². The van der Waals surface area contributed by atoms with Crippen LogP contribution in [0.5, 0.6) is 0 Å². The zero-order valence-corrected chi connectivity index (χ0v) is 10.6. The van der Waals surface area contributed by atoms with Gasteiger partial charge < -0.3 is 14.6 Å². The Morgan fingerprint density at radius 2 is 2.22 bits per heavy atom. The van der Waals surface area contributed by atoms with E-state index in [-0.39, 0.29) is 5.46 Å². The molecule has 1 aromatic heterocycles. The van der Waals surface area contributed by atoms with Crippen molar-refractivity contribution in [1.82, 2.24) is 9.55 Å². The fraction of sp³-hybridized carbons (Fsp3) is 0.182. The first-order chi connectivity index (χ1) is 8.58. The van der Waals surface area contributed by atoms with Gasteiger partial charge in [-0.05, 0) is 17.1 Å². The van der Waals surface area contributed by atoms with E-state index in [4.69, 9.17) is 10.0 Å². The summed E-state index contributed by atoms with van der Waals surface area (Å²) >= 11 is 1.42. The molecule has 18 heavy (non-hydrogen) atoms. The molecule has 0 atom stereocenters. The zero-order chi connectivity index (χ0) is 13.1. The summed E-state index contributed by atoms with van der Waals surface area (Å²) in [6.45, 7) is 0. The molecule has 94 valence electrons. The van der Waals surface area contributed by atoms with Gasteiger partial charge in [-0.3, -0.25) is 0 Å². The van der Waals surface area contributed by atoms with Crippen molar-refractivity contribution in [2.75, 3.05) is 0 Å². The molecule has 0 radical (unpaired) electrons. The second-order valence-electron chi connectivity index (χ2n) is 3.83. The lowest BCUT2D eigenvalue weighted by Gasteiger charge is -2.05. The molecular weight excluding hydrogens is 254 g/mol. The molecule has 4 nitrogen and oxygen atoms in total. The normalized spacial score (nSPS) is 10.7. The maximum Gasteiger partial charge on any atom is 0.488 e. The predicted molar refractivity (Wildman–Crippen MR) is 69.0 cm³/mol. The van der Waals surface area contributed by atoms with Gasteiger partial charge in [0.1, 0.15) is 5.82 Å². The minimum absolute atomic E-state index is 0.151. The van der Waals surface area contributed by atoms with Gasteiger partial charge in [0, 0.05) is 25.2 Å². The Morgan fingerprint density at radius 1 is 1.44 bits per heavy atom. The van der Waals surface area contributed by atoms with Crippen molar-refractivity contribution in [1.29, 1.82) is 0 Å². The number of nitrogens with zero attached hydrogens (tertiary/aromatic N) is 2. The van der Waals surface area contributed by atoms with E-state index in [1.807, 2.05) is 17.8 Å². The quantitative estimate of drug-likeness (QED) is 0.626. The lowest BCUT2D eigenvalue weighted by Crippen LogP contribution is -2.30. The first-order valence-corrected chi connectivity index (χ1v) is 6.31. The molecule has 0 saturated carbocycles. The molecule has 7 heteroatoms. The third-order valence-electron chi connectivity index (χ3n) is 2.51. The molecule has 2 rings (SSSR count). The molecule has 0 amide bonds. The minimum atomic E-state index is -1.64. The summed E-state index contributed by atoms with van der Waals surface area (Å²) < 4.78 is 15.5. The van der Waals surface area contributed by atoms with Crippen LogP contribution in [0.3, 0.4) is 0 Å². The van der Waals surface area contributed by atoms with Crippen LogP contribution in [0.4, 0.5) is 4.39 Å². The molecule has 0 saturated heterocycles. The number of thioether (sulfide) groups is 1. The topological polar surface area (TPSA) is 58.3 Å². The van der Waals surface area contributed by atoms with E-state index in [1.165, 1.54) is 17.8 Å². The maximum atomic E-state index is 13.7. The highest BCUT2D eigenvalue weighted by molar-refractivity contribution is 7.98. The van der Waals surface area contributed by atoms with Crippen LogP contribution in [0, 0.1) is 5.82 Å². The summed E-state index contributed by atoms with van der Waals surface area (Å²) in [6.07, 6.45) is 3.51. The van der Waals surface area contributed by atoms with Gasteiger partial charge in [-0.1, -0.05) is 23.9 Å². The molecule has 1 heterocycles. The lowest BCUT2D eigenvalue weighted by atomic mass is 9.80. The monoisotopic (exact) mass is 266 g/mol. The van der Waals surface area contributed by atoms with Gasteiger partial charge in [0.25, 0.3) is 0 Å². The minimum Gasteiger partial charge on any atom is -0.423 e. The zero-order valence-electron chi connectivity index (χ0n) is 9.75. The third-order valence-corrected chi connectivity index (χ3v) is 3.62. The summed E-state index contributed by atoms with van der Waals surface area (Å²) in [6, 6.07) is 4.20. The van der Waals surface area contributed by atoms with E-state index in [0.717, 1.165) is 11.2 Å². The van der Waals surface area contributed by atoms with Crippen molar-refractivity contribution in [3.05, 3.63) is 42.0 Å². The highest BCUT2D eigenvalue weighted by Crippen LogP contribution is 2.21. The number of hydrogen-bond donors (Lipinski definition) is 2. The second-order valence-corrected chi connectivity index (χ2v) is 4.78. The van der Waals surface area contributed by atoms with Gasteiger partial charge in [-0.15, -0.1) is 0 Å². The number of aromatic nitrogens is 2.